The summed E-state index contributed by atoms with van der Waals surface area (Å²) in [7, 11) is 0. The number of H-pyrrole nitrogens is 1. The standard InChI is InChI=1S/C21H19F4N5O3/c22-13-1-2-14-11(17(13)23)7-15(27-14)19(32)29-5-6-30-16(9-29)12(8-26-30)18(31)28-21(3-4-21)10-33-20(24)25/h1-2,7-8,20,27H,3-6,9-10H2,(H,28,31). The topological polar surface area (TPSA) is 92.2 Å². The second-order valence-electron chi connectivity index (χ2n) is 8.27. The van der Waals surface area contributed by atoms with Crippen LogP contribution in [0.1, 0.15) is 39.4 Å². The number of carbonyl (C=O) groups is 2. The van der Waals surface area contributed by atoms with Crippen molar-refractivity contribution in [2.45, 2.75) is 38.1 Å². The van der Waals surface area contributed by atoms with E-state index in [4.69, 9.17) is 0 Å². The number of fused-ring (bicyclic) bond motifs is 2. The van der Waals surface area contributed by atoms with Gasteiger partial charge in [-0.25, -0.2) is 8.78 Å². The van der Waals surface area contributed by atoms with Gasteiger partial charge in [-0.05, 0) is 31.0 Å². The van der Waals surface area contributed by atoms with Crippen molar-refractivity contribution in [2.24, 2.45) is 0 Å². The zero-order valence-electron chi connectivity index (χ0n) is 17.2. The summed E-state index contributed by atoms with van der Waals surface area (Å²) in [4.78, 5) is 30.1. The number of rotatable bonds is 6. The monoisotopic (exact) mass is 465 g/mol. The van der Waals surface area contributed by atoms with Gasteiger partial charge in [0.05, 0.1) is 42.7 Å². The number of benzene rings is 1. The van der Waals surface area contributed by atoms with Gasteiger partial charge in [-0.1, -0.05) is 0 Å². The molecule has 33 heavy (non-hydrogen) atoms. The van der Waals surface area contributed by atoms with Crippen LogP contribution in [-0.2, 0) is 17.8 Å². The Morgan fingerprint density at radius 3 is 2.76 bits per heavy atom. The number of aromatic amines is 1. The first-order chi connectivity index (χ1) is 15.8. The number of hydrogen-bond acceptors (Lipinski definition) is 4. The van der Waals surface area contributed by atoms with Gasteiger partial charge in [-0.15, -0.1) is 0 Å². The first-order valence-corrected chi connectivity index (χ1v) is 10.3. The van der Waals surface area contributed by atoms with Crippen LogP contribution in [0, 0.1) is 11.6 Å². The lowest BCUT2D eigenvalue weighted by Crippen LogP contribution is -2.42. The van der Waals surface area contributed by atoms with Crippen molar-refractivity contribution >= 4 is 22.7 Å². The summed E-state index contributed by atoms with van der Waals surface area (Å²) in [5.41, 5.74) is 0.289. The summed E-state index contributed by atoms with van der Waals surface area (Å²) in [6.45, 7) is -2.52. The highest BCUT2D eigenvalue weighted by molar-refractivity contribution is 5.99. The highest BCUT2D eigenvalue weighted by atomic mass is 19.3. The molecule has 0 saturated heterocycles. The van der Waals surface area contributed by atoms with Gasteiger partial charge in [0.25, 0.3) is 11.8 Å². The molecule has 1 aliphatic carbocycles. The molecule has 1 fully saturated rings. The van der Waals surface area contributed by atoms with Crippen molar-refractivity contribution in [2.75, 3.05) is 13.2 Å². The van der Waals surface area contributed by atoms with Gasteiger partial charge in [0.2, 0.25) is 0 Å². The van der Waals surface area contributed by atoms with Gasteiger partial charge in [0.15, 0.2) is 11.6 Å². The fourth-order valence-corrected chi connectivity index (χ4v) is 4.02. The maximum atomic E-state index is 14.0. The van der Waals surface area contributed by atoms with Crippen LogP contribution in [0.15, 0.2) is 24.4 Å². The van der Waals surface area contributed by atoms with Crippen molar-refractivity contribution in [1.82, 2.24) is 25.0 Å². The smallest absolute Gasteiger partial charge is 0.345 e. The van der Waals surface area contributed by atoms with E-state index in [0.29, 0.717) is 37.1 Å². The molecule has 0 radical (unpaired) electrons. The molecule has 3 aromatic rings. The molecule has 5 rings (SSSR count). The molecule has 0 spiro atoms. The van der Waals surface area contributed by atoms with Gasteiger partial charge < -0.3 is 19.9 Å². The van der Waals surface area contributed by atoms with E-state index < -0.39 is 35.6 Å². The van der Waals surface area contributed by atoms with E-state index in [-0.39, 0.29) is 29.8 Å². The van der Waals surface area contributed by atoms with Crippen molar-refractivity contribution in [1.29, 1.82) is 0 Å². The minimum absolute atomic E-state index is 0.0267. The molecule has 0 atom stereocenters. The minimum Gasteiger partial charge on any atom is -0.350 e. The molecule has 0 unspecified atom stereocenters. The number of nitrogens with zero attached hydrogens (tertiary/aromatic N) is 3. The number of hydrogen-bond donors (Lipinski definition) is 2. The molecular formula is C21H19F4N5O3. The van der Waals surface area contributed by atoms with Crippen LogP contribution in [-0.4, -0.2) is 56.8 Å². The number of nitrogens with one attached hydrogen (secondary N) is 2. The van der Waals surface area contributed by atoms with Crippen LogP contribution in [0.4, 0.5) is 17.6 Å². The Labute approximate surface area is 184 Å². The van der Waals surface area contributed by atoms with Gasteiger partial charge in [0.1, 0.15) is 5.69 Å². The first-order valence-electron chi connectivity index (χ1n) is 10.3. The molecule has 174 valence electrons. The quantitative estimate of drug-likeness (QED) is 0.548. The molecule has 2 N–H and O–H groups in total. The van der Waals surface area contributed by atoms with Crippen molar-refractivity contribution in [3.8, 4) is 0 Å². The third-order valence-electron chi connectivity index (χ3n) is 6.04. The highest BCUT2D eigenvalue weighted by Gasteiger charge is 2.45. The fraction of sp³-hybridized carbons (Fsp3) is 0.381. The molecule has 1 saturated carbocycles. The summed E-state index contributed by atoms with van der Waals surface area (Å²) in [5.74, 6) is -2.97. The number of amides is 2. The van der Waals surface area contributed by atoms with E-state index in [9.17, 15) is 27.2 Å². The largest absolute Gasteiger partial charge is 0.350 e. The fourth-order valence-electron chi connectivity index (χ4n) is 4.02. The van der Waals surface area contributed by atoms with E-state index in [0.717, 1.165) is 6.07 Å². The summed E-state index contributed by atoms with van der Waals surface area (Å²) in [6.07, 6.45) is 2.43. The van der Waals surface area contributed by atoms with Crippen molar-refractivity contribution in [3.05, 3.63) is 53.0 Å². The lowest BCUT2D eigenvalue weighted by Gasteiger charge is -2.28. The van der Waals surface area contributed by atoms with Gasteiger partial charge >= 0.3 is 6.61 Å². The average Bonchev–Trinajstić information content (AvgIpc) is 3.21. The normalized spacial score (nSPS) is 16.8. The van der Waals surface area contributed by atoms with Gasteiger partial charge in [-0.3, -0.25) is 14.3 Å². The van der Waals surface area contributed by atoms with Crippen LogP contribution in [0.25, 0.3) is 10.9 Å². The van der Waals surface area contributed by atoms with Crippen LogP contribution >= 0.6 is 0 Å². The number of halogens is 4. The van der Waals surface area contributed by atoms with E-state index in [1.165, 1.54) is 23.2 Å². The predicted molar refractivity (Wildman–Crippen MR) is 107 cm³/mol. The van der Waals surface area contributed by atoms with Crippen LogP contribution in [0.2, 0.25) is 0 Å². The summed E-state index contributed by atoms with van der Waals surface area (Å²) >= 11 is 0. The lowest BCUT2D eigenvalue weighted by molar-refractivity contribution is -0.135. The Kier molecular flexibility index (Phi) is 5.11. The summed E-state index contributed by atoms with van der Waals surface area (Å²) < 4.78 is 58.2. The van der Waals surface area contributed by atoms with Crippen LogP contribution < -0.4 is 5.32 Å². The van der Waals surface area contributed by atoms with Gasteiger partial charge in [0, 0.05) is 17.4 Å². The number of ether oxygens (including phenoxy) is 1. The second kappa shape index (κ2) is 7.87. The van der Waals surface area contributed by atoms with Gasteiger partial charge in [-0.2, -0.15) is 13.9 Å². The second-order valence-corrected chi connectivity index (χ2v) is 8.27. The SMILES string of the molecule is O=C(NC1(COC(F)F)CC1)c1cnn2c1CN(C(=O)c1cc3c(F)c(F)ccc3[nH]1)CC2. The molecular weight excluding hydrogens is 446 g/mol. The molecule has 8 nitrogen and oxygen atoms in total. The average molecular weight is 465 g/mol. The Hall–Kier alpha value is -3.41. The van der Waals surface area contributed by atoms with Crippen LogP contribution in [0.5, 0.6) is 0 Å². The number of carbonyl (C=O) groups excluding carboxylic acids is 2. The summed E-state index contributed by atoms with van der Waals surface area (Å²) in [6, 6.07) is 3.59. The maximum Gasteiger partial charge on any atom is 0.345 e. The first kappa shape index (κ1) is 21.4. The Morgan fingerprint density at radius 1 is 1.24 bits per heavy atom. The van der Waals surface area contributed by atoms with Crippen molar-refractivity contribution < 1.29 is 31.9 Å². The minimum atomic E-state index is -2.92. The molecule has 1 aromatic carbocycles. The summed E-state index contributed by atoms with van der Waals surface area (Å²) in [5, 5.41) is 6.91. The lowest BCUT2D eigenvalue weighted by atomic mass is 10.1. The van der Waals surface area contributed by atoms with E-state index in [1.807, 2.05) is 0 Å². The Morgan fingerprint density at radius 2 is 2.03 bits per heavy atom. The maximum absolute atomic E-state index is 14.0. The Balaban J connectivity index is 1.33. The molecule has 1 aliphatic heterocycles. The zero-order chi connectivity index (χ0) is 23.3. The van der Waals surface area contributed by atoms with E-state index in [1.54, 1.807) is 4.68 Å². The molecule has 2 aromatic heterocycles. The third-order valence-corrected chi connectivity index (χ3v) is 6.04. The van der Waals surface area contributed by atoms with E-state index >= 15 is 0 Å². The highest BCUT2D eigenvalue weighted by Crippen LogP contribution is 2.36. The predicted octanol–water partition coefficient (Wildman–Crippen LogP) is 2.80. The number of aromatic nitrogens is 3. The molecule has 2 amide bonds. The Bertz CT molecular complexity index is 1250. The molecule has 12 heteroatoms. The zero-order valence-corrected chi connectivity index (χ0v) is 17.2. The molecule has 2 aliphatic rings. The molecule has 0 bridgehead atoms. The van der Waals surface area contributed by atoms with Crippen molar-refractivity contribution in [3.63, 3.8) is 0 Å². The number of alkyl halides is 2. The van der Waals surface area contributed by atoms with Crippen LogP contribution in [0.3, 0.4) is 0 Å². The van der Waals surface area contributed by atoms with E-state index in [2.05, 4.69) is 20.1 Å². The third kappa shape index (κ3) is 3.94. The molecule has 3 heterocycles.